The number of amides is 1. The Morgan fingerprint density at radius 1 is 1.15 bits per heavy atom. The van der Waals surface area contributed by atoms with Gasteiger partial charge in [-0.05, 0) is 33.1 Å². The third-order valence-corrected chi connectivity index (χ3v) is 2.37. The van der Waals surface area contributed by atoms with E-state index in [1.54, 1.807) is 20.8 Å². The van der Waals surface area contributed by atoms with Crippen molar-refractivity contribution in [3.63, 3.8) is 0 Å². The first-order valence-corrected chi connectivity index (χ1v) is 6.75. The fourth-order valence-corrected chi connectivity index (χ4v) is 1.60. The highest BCUT2D eigenvalue weighted by atomic mass is 16.6. The number of hydrogen-bond acceptors (Lipinski definition) is 4. The molecule has 0 rings (SSSR count). The molecule has 1 amide bonds. The number of alkyl carbamates (subject to hydrolysis) is 1. The van der Waals surface area contributed by atoms with Gasteiger partial charge in [0.05, 0.1) is 12.5 Å². The summed E-state index contributed by atoms with van der Waals surface area (Å²) in [6, 6.07) is -0.704. The second-order valence-corrected chi connectivity index (χ2v) is 6.19. The lowest BCUT2D eigenvalue weighted by atomic mass is 9.98. The number of carboxylic acid groups (broad SMARTS) is 1. The van der Waals surface area contributed by atoms with Crippen molar-refractivity contribution in [3.05, 3.63) is 0 Å². The van der Waals surface area contributed by atoms with Crippen LogP contribution in [-0.4, -0.2) is 34.6 Å². The average Bonchev–Trinajstić information content (AvgIpc) is 2.21. The number of carbonyl (C=O) groups is 3. The fourth-order valence-electron chi connectivity index (χ4n) is 1.60. The Kier molecular flexibility index (Phi) is 7.24. The van der Waals surface area contributed by atoms with Crippen molar-refractivity contribution >= 4 is 17.8 Å². The molecule has 20 heavy (non-hydrogen) atoms. The predicted octanol–water partition coefficient (Wildman–Crippen LogP) is 2.36. The molecule has 6 heteroatoms. The van der Waals surface area contributed by atoms with Gasteiger partial charge in [0, 0.05) is 6.42 Å². The van der Waals surface area contributed by atoms with E-state index in [9.17, 15) is 14.4 Å². The van der Waals surface area contributed by atoms with Gasteiger partial charge in [-0.2, -0.15) is 0 Å². The number of carbonyl (C=O) groups excluding carboxylic acids is 2. The van der Waals surface area contributed by atoms with Crippen LogP contribution in [0.1, 0.15) is 53.9 Å². The van der Waals surface area contributed by atoms with Crippen LogP contribution < -0.4 is 5.32 Å². The molecule has 0 bridgehead atoms. The second kappa shape index (κ2) is 7.87. The molecule has 0 aromatic heterocycles. The van der Waals surface area contributed by atoms with E-state index >= 15 is 0 Å². The highest BCUT2D eigenvalue weighted by Crippen LogP contribution is 2.11. The summed E-state index contributed by atoms with van der Waals surface area (Å²) < 4.78 is 5.11. The van der Waals surface area contributed by atoms with Crippen molar-refractivity contribution in [2.75, 3.05) is 0 Å². The largest absolute Gasteiger partial charge is 0.481 e. The molecule has 0 heterocycles. The van der Waals surface area contributed by atoms with Gasteiger partial charge in [0.25, 0.3) is 0 Å². The number of ether oxygens (including phenoxy) is 1. The van der Waals surface area contributed by atoms with Crippen LogP contribution in [0.2, 0.25) is 0 Å². The molecule has 2 N–H and O–H groups in total. The fraction of sp³-hybridized carbons (Fsp3) is 0.786. The van der Waals surface area contributed by atoms with Gasteiger partial charge in [0.2, 0.25) is 0 Å². The van der Waals surface area contributed by atoms with Crippen LogP contribution in [0.3, 0.4) is 0 Å². The van der Waals surface area contributed by atoms with Crippen LogP contribution in [0.5, 0.6) is 0 Å². The van der Waals surface area contributed by atoms with Gasteiger partial charge in [-0.3, -0.25) is 9.59 Å². The molecule has 0 aliphatic rings. The summed E-state index contributed by atoms with van der Waals surface area (Å²) in [6.45, 7) is 9.05. The van der Waals surface area contributed by atoms with Crippen molar-refractivity contribution in [1.82, 2.24) is 5.32 Å². The molecule has 0 aliphatic heterocycles. The van der Waals surface area contributed by atoms with E-state index in [0.29, 0.717) is 6.42 Å². The lowest BCUT2D eigenvalue weighted by molar-refractivity contribution is -0.138. The molecule has 0 fully saturated rings. The maximum atomic E-state index is 12.0. The smallest absolute Gasteiger partial charge is 0.408 e. The zero-order valence-corrected chi connectivity index (χ0v) is 12.9. The van der Waals surface area contributed by atoms with E-state index in [1.807, 2.05) is 13.8 Å². The van der Waals surface area contributed by atoms with Crippen molar-refractivity contribution in [1.29, 1.82) is 0 Å². The first-order valence-electron chi connectivity index (χ1n) is 6.75. The van der Waals surface area contributed by atoms with Gasteiger partial charge in [0.15, 0.2) is 5.78 Å². The molecule has 116 valence electrons. The Morgan fingerprint density at radius 2 is 1.70 bits per heavy atom. The lowest BCUT2D eigenvalue weighted by Gasteiger charge is -2.23. The summed E-state index contributed by atoms with van der Waals surface area (Å²) >= 11 is 0. The zero-order valence-electron chi connectivity index (χ0n) is 12.9. The van der Waals surface area contributed by atoms with Crippen molar-refractivity contribution in [3.8, 4) is 0 Å². The normalized spacial score (nSPS) is 12.9. The average molecular weight is 287 g/mol. The number of Topliss-reactive ketones (excluding diaryl/α,β-unsaturated/α-hetero) is 1. The maximum Gasteiger partial charge on any atom is 0.408 e. The van der Waals surface area contributed by atoms with E-state index in [-0.39, 0.29) is 24.5 Å². The minimum atomic E-state index is -1.03. The zero-order chi connectivity index (χ0) is 15.9. The summed E-state index contributed by atoms with van der Waals surface area (Å²) in [4.78, 5) is 34.1. The molecule has 0 spiro atoms. The minimum absolute atomic E-state index is 0.0947. The third-order valence-electron chi connectivity index (χ3n) is 2.37. The minimum Gasteiger partial charge on any atom is -0.481 e. The molecule has 0 saturated heterocycles. The number of hydrogen-bond donors (Lipinski definition) is 2. The van der Waals surface area contributed by atoms with Gasteiger partial charge in [0.1, 0.15) is 5.60 Å². The number of aliphatic carboxylic acids is 1. The maximum absolute atomic E-state index is 12.0. The summed E-state index contributed by atoms with van der Waals surface area (Å²) in [6.07, 6.45) is -0.532. The lowest BCUT2D eigenvalue weighted by Crippen LogP contribution is -2.44. The van der Waals surface area contributed by atoms with Gasteiger partial charge in [-0.25, -0.2) is 4.79 Å². The molecular weight excluding hydrogens is 262 g/mol. The van der Waals surface area contributed by atoms with E-state index in [4.69, 9.17) is 9.84 Å². The van der Waals surface area contributed by atoms with Crippen LogP contribution in [0.15, 0.2) is 0 Å². The molecule has 0 unspecified atom stereocenters. The van der Waals surface area contributed by atoms with Gasteiger partial charge in [-0.15, -0.1) is 0 Å². The number of rotatable bonds is 7. The Bertz CT molecular complexity index is 357. The number of carboxylic acids is 1. The van der Waals surface area contributed by atoms with E-state index in [0.717, 1.165) is 0 Å². The molecule has 0 aliphatic carbocycles. The number of nitrogens with one attached hydrogen (secondary N) is 1. The Hall–Kier alpha value is -1.59. The molecule has 0 aromatic rings. The highest BCUT2D eigenvalue weighted by Gasteiger charge is 2.25. The standard InChI is InChI=1S/C14H25NO5/c1-9(2)8-10(11(16)6-7-12(17)18)15-13(19)20-14(3,4)5/h9-10H,6-8H2,1-5H3,(H,15,19)(H,17,18)/t10-/m0/s1. The molecule has 0 saturated carbocycles. The van der Waals surface area contributed by atoms with Crippen molar-refractivity contribution in [2.24, 2.45) is 5.92 Å². The first-order chi connectivity index (χ1) is 9.01. The Balaban J connectivity index is 4.59. The van der Waals surface area contributed by atoms with E-state index in [2.05, 4.69) is 5.32 Å². The quantitative estimate of drug-likeness (QED) is 0.749. The third kappa shape index (κ3) is 9.35. The van der Waals surface area contributed by atoms with Crippen LogP contribution in [0.4, 0.5) is 4.79 Å². The molecule has 0 aromatic carbocycles. The van der Waals surface area contributed by atoms with Crippen LogP contribution in [-0.2, 0) is 14.3 Å². The molecule has 0 radical (unpaired) electrons. The molecule has 6 nitrogen and oxygen atoms in total. The molecule has 1 atom stereocenters. The summed E-state index contributed by atoms with van der Waals surface area (Å²) in [7, 11) is 0. The SMILES string of the molecule is CC(C)C[C@H](NC(=O)OC(C)(C)C)C(=O)CCC(=O)O. The van der Waals surface area contributed by atoms with Crippen LogP contribution in [0, 0.1) is 5.92 Å². The highest BCUT2D eigenvalue weighted by molar-refractivity contribution is 5.89. The Morgan fingerprint density at radius 3 is 2.10 bits per heavy atom. The van der Waals surface area contributed by atoms with Gasteiger partial charge < -0.3 is 15.2 Å². The van der Waals surface area contributed by atoms with E-state index in [1.165, 1.54) is 0 Å². The predicted molar refractivity (Wildman–Crippen MR) is 74.5 cm³/mol. The first kappa shape index (κ1) is 18.4. The van der Waals surface area contributed by atoms with Gasteiger partial charge >= 0.3 is 12.1 Å². The topological polar surface area (TPSA) is 92.7 Å². The second-order valence-electron chi connectivity index (χ2n) is 6.19. The summed E-state index contributed by atoms with van der Waals surface area (Å²) in [5.41, 5.74) is -0.642. The van der Waals surface area contributed by atoms with Crippen molar-refractivity contribution in [2.45, 2.75) is 65.5 Å². The van der Waals surface area contributed by atoms with Crippen LogP contribution >= 0.6 is 0 Å². The van der Waals surface area contributed by atoms with Crippen molar-refractivity contribution < 1.29 is 24.2 Å². The van der Waals surface area contributed by atoms with Crippen LogP contribution in [0.25, 0.3) is 0 Å². The molecular formula is C14H25NO5. The van der Waals surface area contributed by atoms with Gasteiger partial charge in [-0.1, -0.05) is 13.8 Å². The summed E-state index contributed by atoms with van der Waals surface area (Å²) in [5.74, 6) is -1.12. The van der Waals surface area contributed by atoms with E-state index < -0.39 is 23.7 Å². The Labute approximate surface area is 119 Å². The number of ketones is 1. The monoisotopic (exact) mass is 287 g/mol. The summed E-state index contributed by atoms with van der Waals surface area (Å²) in [5, 5.41) is 11.1.